The van der Waals surface area contributed by atoms with Crippen molar-refractivity contribution in [2.24, 2.45) is 23.7 Å². The molecule has 2 N–H and O–H groups in total. The van der Waals surface area contributed by atoms with Crippen molar-refractivity contribution in [3.8, 4) is 0 Å². The summed E-state index contributed by atoms with van der Waals surface area (Å²) in [4.78, 5) is 58.6. The van der Waals surface area contributed by atoms with E-state index in [1.54, 1.807) is 30.9 Å². The highest BCUT2D eigenvalue weighted by molar-refractivity contribution is 5.90. The van der Waals surface area contributed by atoms with Crippen LogP contribution in [0.2, 0.25) is 0 Å². The lowest BCUT2D eigenvalue weighted by molar-refractivity contribution is -0.152. The largest absolute Gasteiger partial charge is 0.481 e. The van der Waals surface area contributed by atoms with Crippen LogP contribution in [0.15, 0.2) is 0 Å². The molecule has 2 saturated heterocycles. The van der Waals surface area contributed by atoms with Gasteiger partial charge < -0.3 is 29.7 Å². The van der Waals surface area contributed by atoms with Crippen LogP contribution in [-0.4, -0.2) is 121 Å². The van der Waals surface area contributed by atoms with Crippen LogP contribution in [0.1, 0.15) is 79.6 Å². The number of piperidine rings is 1. The third kappa shape index (κ3) is 7.53. The number of hydrogen-bond donors (Lipinski definition) is 2. The Morgan fingerprint density at radius 3 is 2.23 bits per heavy atom. The van der Waals surface area contributed by atoms with E-state index < -0.39 is 36.2 Å². The smallest absolute Gasteiger partial charge is 0.308 e. The second kappa shape index (κ2) is 15.2. The van der Waals surface area contributed by atoms with E-state index >= 15 is 0 Å². The van der Waals surface area contributed by atoms with Crippen molar-refractivity contribution in [3.63, 3.8) is 0 Å². The molecule has 246 valence electrons. The lowest BCUT2D eigenvalue weighted by atomic mass is 9.89. The molecule has 11 nitrogen and oxygen atoms in total. The van der Waals surface area contributed by atoms with Gasteiger partial charge in [0.25, 0.3) is 0 Å². The Hall–Kier alpha value is -2.24. The van der Waals surface area contributed by atoms with E-state index in [-0.39, 0.29) is 48.1 Å². The molecule has 3 fully saturated rings. The highest BCUT2D eigenvalue weighted by atomic mass is 16.5. The normalized spacial score (nSPS) is 27.9. The average molecular weight is 609 g/mol. The molecule has 0 aromatic rings. The molecule has 10 atom stereocenters. The number of ether oxygens (including phenoxy) is 2. The first-order valence-electron chi connectivity index (χ1n) is 16.2. The van der Waals surface area contributed by atoms with Gasteiger partial charge in [0, 0.05) is 33.9 Å². The maximum Gasteiger partial charge on any atom is 0.308 e. The van der Waals surface area contributed by atoms with Gasteiger partial charge in [0.05, 0.1) is 42.7 Å². The summed E-state index contributed by atoms with van der Waals surface area (Å²) < 4.78 is 11.5. The van der Waals surface area contributed by atoms with Crippen molar-refractivity contribution in [1.82, 2.24) is 20.0 Å². The third-order valence-corrected chi connectivity index (χ3v) is 10.6. The summed E-state index contributed by atoms with van der Waals surface area (Å²) in [5, 5.41) is 12.7. The van der Waals surface area contributed by atoms with E-state index in [1.165, 1.54) is 7.11 Å². The summed E-state index contributed by atoms with van der Waals surface area (Å²) in [6.07, 6.45) is 4.24. The Bertz CT molecular complexity index is 991. The fourth-order valence-corrected chi connectivity index (χ4v) is 7.88. The van der Waals surface area contributed by atoms with Gasteiger partial charge in [-0.2, -0.15) is 0 Å². The number of carboxylic acids is 1. The maximum absolute atomic E-state index is 14.1. The molecule has 3 rings (SSSR count). The first kappa shape index (κ1) is 35.2. The predicted molar refractivity (Wildman–Crippen MR) is 163 cm³/mol. The average Bonchev–Trinajstić information content (AvgIpc) is 3.72. The fraction of sp³-hybridized carbons (Fsp3) is 0.875. The summed E-state index contributed by atoms with van der Waals surface area (Å²) in [6.45, 7) is 10.1. The van der Waals surface area contributed by atoms with Crippen molar-refractivity contribution in [2.45, 2.75) is 122 Å². The Morgan fingerprint density at radius 2 is 1.72 bits per heavy atom. The van der Waals surface area contributed by atoms with Gasteiger partial charge in [-0.05, 0) is 63.8 Å². The number of likely N-dealkylation sites (tertiary alicyclic amines) is 2. The van der Waals surface area contributed by atoms with E-state index in [0.717, 1.165) is 32.1 Å². The zero-order chi connectivity index (χ0) is 32.2. The molecular weight excluding hydrogens is 552 g/mol. The van der Waals surface area contributed by atoms with Crippen LogP contribution in [-0.2, 0) is 28.7 Å². The number of rotatable bonds is 15. The first-order valence-corrected chi connectivity index (χ1v) is 16.2. The van der Waals surface area contributed by atoms with Gasteiger partial charge in [0.2, 0.25) is 17.7 Å². The van der Waals surface area contributed by atoms with Crippen molar-refractivity contribution >= 4 is 23.7 Å². The third-order valence-electron chi connectivity index (χ3n) is 10.6. The predicted octanol–water partition coefficient (Wildman–Crippen LogP) is 2.61. The zero-order valence-electron chi connectivity index (χ0n) is 27.7. The second-order valence-corrected chi connectivity index (χ2v) is 13.5. The van der Waals surface area contributed by atoms with E-state index in [0.29, 0.717) is 24.9 Å². The van der Waals surface area contributed by atoms with Gasteiger partial charge in [0.15, 0.2) is 0 Å². The quantitative estimate of drug-likeness (QED) is 0.290. The van der Waals surface area contributed by atoms with Crippen molar-refractivity contribution in [3.05, 3.63) is 0 Å². The van der Waals surface area contributed by atoms with Gasteiger partial charge in [0.1, 0.15) is 6.04 Å². The Kier molecular flexibility index (Phi) is 12.4. The summed E-state index contributed by atoms with van der Waals surface area (Å²) >= 11 is 0. The Morgan fingerprint density at radius 1 is 1.05 bits per heavy atom. The number of likely N-dealkylation sites (N-methyl/N-ethyl adjacent to an activating group) is 2. The van der Waals surface area contributed by atoms with Gasteiger partial charge >= 0.3 is 5.97 Å². The van der Waals surface area contributed by atoms with E-state index in [1.807, 2.05) is 34.7 Å². The van der Waals surface area contributed by atoms with Crippen LogP contribution in [0.3, 0.4) is 0 Å². The van der Waals surface area contributed by atoms with Gasteiger partial charge in [-0.1, -0.05) is 34.1 Å². The molecule has 0 aromatic carbocycles. The van der Waals surface area contributed by atoms with E-state index in [4.69, 9.17) is 9.47 Å². The molecule has 0 radical (unpaired) electrons. The molecule has 2 bridgehead atoms. The number of nitrogens with zero attached hydrogens (tertiary/aromatic N) is 3. The minimum Gasteiger partial charge on any atom is -0.481 e. The number of carbonyl (C=O) groups excluding carboxylic acids is 3. The minimum absolute atomic E-state index is 0.0139. The summed E-state index contributed by atoms with van der Waals surface area (Å²) in [5.41, 5.74) is 0. The van der Waals surface area contributed by atoms with Crippen LogP contribution >= 0.6 is 0 Å². The number of carboxylic acid groups (broad SMARTS) is 1. The van der Waals surface area contributed by atoms with Crippen molar-refractivity contribution in [1.29, 1.82) is 0 Å². The number of fused-ring (bicyclic) bond motifs is 2. The topological polar surface area (TPSA) is 129 Å². The molecule has 2 aliphatic heterocycles. The monoisotopic (exact) mass is 608 g/mol. The molecule has 3 aliphatic rings. The van der Waals surface area contributed by atoms with Crippen molar-refractivity contribution in [2.75, 3.05) is 34.9 Å². The minimum atomic E-state index is -0.961. The number of nitrogens with one attached hydrogen (secondary N) is 1. The molecule has 11 heteroatoms. The number of methoxy groups -OCH3 is 2. The van der Waals surface area contributed by atoms with Crippen LogP contribution in [0.25, 0.3) is 0 Å². The number of aliphatic carboxylic acids is 1. The van der Waals surface area contributed by atoms with Gasteiger partial charge in [-0.15, -0.1) is 0 Å². The molecule has 2 heterocycles. The van der Waals surface area contributed by atoms with Gasteiger partial charge in [-0.3, -0.25) is 24.1 Å². The second-order valence-electron chi connectivity index (χ2n) is 13.5. The first-order chi connectivity index (χ1) is 20.3. The maximum atomic E-state index is 14.1. The Labute approximate surface area is 258 Å². The lowest BCUT2D eigenvalue weighted by Crippen LogP contribution is -2.60. The Balaban J connectivity index is 1.77. The highest BCUT2D eigenvalue weighted by Crippen LogP contribution is 2.41. The molecular formula is C32H56N4O7. The molecule has 43 heavy (non-hydrogen) atoms. The molecule has 2 unspecified atom stereocenters. The molecule has 3 amide bonds. The summed E-state index contributed by atoms with van der Waals surface area (Å²) in [5.74, 6) is -1.93. The number of amides is 3. The molecule has 0 aromatic heterocycles. The number of carbonyl (C=O) groups is 4. The SMILES string of the molecule is CC[C@H](C)[C@@H]([C@@H](CC(=O)N1CCC[C@H]1C(OC)C(C)C(=O)O)OC)N(C)C(=O)[C@@H](NC(=O)[C@@H]1[C@H]2CC[C@H](C2)N1C)C(C)C. The molecule has 1 aliphatic carbocycles. The van der Waals surface area contributed by atoms with Gasteiger partial charge in [-0.25, -0.2) is 0 Å². The fourth-order valence-electron chi connectivity index (χ4n) is 7.88. The van der Waals surface area contributed by atoms with E-state index in [2.05, 4.69) is 10.2 Å². The molecule has 0 spiro atoms. The highest BCUT2D eigenvalue weighted by Gasteiger charge is 2.48. The zero-order valence-corrected chi connectivity index (χ0v) is 27.7. The standard InChI is InChI=1S/C32H56N4O7/c1-10-19(4)27(24(42-8)17-25(37)36-15-11-12-23(36)29(43-9)20(5)32(40)41)35(7)31(39)26(18(2)3)33-30(38)28-21-13-14-22(16-21)34(28)6/h18-24,26-29H,10-17H2,1-9H3,(H,33,38)(H,40,41)/t19-,20?,21-,22+,23-,24+,26-,27-,28-,29?/m0/s1. The summed E-state index contributed by atoms with van der Waals surface area (Å²) in [7, 11) is 6.80. The molecule has 1 saturated carbocycles. The van der Waals surface area contributed by atoms with Crippen LogP contribution in [0, 0.1) is 23.7 Å². The summed E-state index contributed by atoms with van der Waals surface area (Å²) in [6, 6.07) is -1.22. The van der Waals surface area contributed by atoms with Crippen molar-refractivity contribution < 1.29 is 33.8 Å². The van der Waals surface area contributed by atoms with Crippen LogP contribution < -0.4 is 5.32 Å². The lowest BCUT2D eigenvalue weighted by Gasteiger charge is -2.41. The van der Waals surface area contributed by atoms with E-state index in [9.17, 15) is 24.3 Å². The van der Waals surface area contributed by atoms with Crippen LogP contribution in [0.5, 0.6) is 0 Å². The number of hydrogen-bond acceptors (Lipinski definition) is 7. The van der Waals surface area contributed by atoms with Crippen LogP contribution in [0.4, 0.5) is 0 Å².